The first-order valence-corrected chi connectivity index (χ1v) is 14.3. The lowest BCUT2D eigenvalue weighted by atomic mass is 9.67. The molecule has 0 aromatic heterocycles. The van der Waals surface area contributed by atoms with Crippen molar-refractivity contribution in [3.05, 3.63) is 0 Å². The van der Waals surface area contributed by atoms with Crippen molar-refractivity contribution >= 4 is 22.6 Å². The molecule has 4 aliphatic carbocycles. The number of alkyl halides is 4. The normalized spacial score (nSPS) is 46.6. The van der Waals surface area contributed by atoms with Crippen molar-refractivity contribution < 1.29 is 13.2 Å². The van der Waals surface area contributed by atoms with Crippen LogP contribution in [0.15, 0.2) is 0 Å². The quantitative estimate of drug-likeness (QED) is 0.242. The van der Waals surface area contributed by atoms with Gasteiger partial charge < -0.3 is 0 Å². The van der Waals surface area contributed by atoms with Gasteiger partial charge in [0, 0.05) is 3.92 Å². The Bertz CT molecular complexity index is 514. The molecule has 0 bridgehead atoms. The van der Waals surface area contributed by atoms with Crippen LogP contribution in [0.2, 0.25) is 0 Å². The van der Waals surface area contributed by atoms with Crippen molar-refractivity contribution in [1.29, 1.82) is 0 Å². The van der Waals surface area contributed by atoms with Crippen LogP contribution in [-0.2, 0) is 0 Å². The van der Waals surface area contributed by atoms with Crippen LogP contribution in [0.1, 0.15) is 103 Å². The molecule has 4 fully saturated rings. The van der Waals surface area contributed by atoms with E-state index in [0.29, 0.717) is 23.7 Å². The van der Waals surface area contributed by atoms with E-state index in [1.807, 2.05) is 0 Å². The van der Waals surface area contributed by atoms with E-state index in [2.05, 4.69) is 22.6 Å². The lowest BCUT2D eigenvalue weighted by molar-refractivity contribution is -0.0131. The standard InChI is InChI=1S/C26H42F3I/c27-23-16-21(13-15-24(23)30)18-9-6-17(7-10-18)8-11-20-12-14-22(26(29)25(20)28)19-4-2-1-3-5-19/h17-26H,1-16H2/t17?,18?,20-,21+,22-,23?,24-,25?,26?/m0/s1. The third-order valence-corrected chi connectivity index (χ3v) is 10.9. The molecule has 4 saturated carbocycles. The molecule has 4 rings (SSSR count). The summed E-state index contributed by atoms with van der Waals surface area (Å²) >= 11 is 2.28. The summed E-state index contributed by atoms with van der Waals surface area (Å²) in [6.07, 6.45) is 14.6. The Labute approximate surface area is 196 Å². The van der Waals surface area contributed by atoms with Gasteiger partial charge >= 0.3 is 0 Å². The van der Waals surface area contributed by atoms with E-state index in [9.17, 15) is 13.2 Å². The van der Waals surface area contributed by atoms with Gasteiger partial charge in [-0.05, 0) is 86.9 Å². The third kappa shape index (κ3) is 5.71. The summed E-state index contributed by atoms with van der Waals surface area (Å²) in [5, 5.41) is 0. The molecule has 4 heteroatoms. The van der Waals surface area contributed by atoms with E-state index in [0.717, 1.165) is 51.4 Å². The highest BCUT2D eigenvalue weighted by molar-refractivity contribution is 14.1. The molecule has 0 spiro atoms. The maximum Gasteiger partial charge on any atom is 0.134 e. The van der Waals surface area contributed by atoms with Gasteiger partial charge in [0.1, 0.15) is 18.5 Å². The van der Waals surface area contributed by atoms with Crippen molar-refractivity contribution in [3.63, 3.8) is 0 Å². The fourth-order valence-corrected chi connectivity index (χ4v) is 8.17. The highest BCUT2D eigenvalue weighted by atomic mass is 127. The zero-order valence-corrected chi connectivity index (χ0v) is 20.8. The average Bonchev–Trinajstić information content (AvgIpc) is 2.78. The minimum absolute atomic E-state index is 0.0102. The maximum atomic E-state index is 15.0. The molecule has 0 aromatic rings. The highest BCUT2D eigenvalue weighted by Gasteiger charge is 2.43. The lowest BCUT2D eigenvalue weighted by Gasteiger charge is -2.41. The van der Waals surface area contributed by atoms with Gasteiger partial charge in [-0.2, -0.15) is 0 Å². The van der Waals surface area contributed by atoms with E-state index in [-0.39, 0.29) is 15.8 Å². The van der Waals surface area contributed by atoms with Crippen LogP contribution in [0.3, 0.4) is 0 Å². The summed E-state index contributed by atoms with van der Waals surface area (Å²) in [7, 11) is 0. The first-order chi connectivity index (χ1) is 14.5. The van der Waals surface area contributed by atoms with Crippen LogP contribution in [0.5, 0.6) is 0 Å². The van der Waals surface area contributed by atoms with E-state index in [4.69, 9.17) is 0 Å². The van der Waals surface area contributed by atoms with Crippen LogP contribution in [0.25, 0.3) is 0 Å². The Morgan fingerprint density at radius 1 is 0.600 bits per heavy atom. The second kappa shape index (κ2) is 11.1. The van der Waals surface area contributed by atoms with Gasteiger partial charge in [-0.25, -0.2) is 13.2 Å². The minimum atomic E-state index is -1.23. The van der Waals surface area contributed by atoms with Crippen LogP contribution in [0.4, 0.5) is 13.2 Å². The smallest absolute Gasteiger partial charge is 0.134 e. The molecular formula is C26H42F3I. The minimum Gasteiger partial charge on any atom is -0.246 e. The van der Waals surface area contributed by atoms with Crippen molar-refractivity contribution in [2.24, 2.45) is 35.5 Å². The lowest BCUT2D eigenvalue weighted by Crippen LogP contribution is -2.42. The predicted molar refractivity (Wildman–Crippen MR) is 127 cm³/mol. The van der Waals surface area contributed by atoms with Crippen molar-refractivity contribution in [1.82, 2.24) is 0 Å². The maximum absolute atomic E-state index is 15.0. The van der Waals surface area contributed by atoms with Crippen LogP contribution >= 0.6 is 22.6 Å². The third-order valence-electron chi connectivity index (χ3n) is 9.53. The topological polar surface area (TPSA) is 0 Å². The van der Waals surface area contributed by atoms with Gasteiger partial charge in [-0.1, -0.05) is 74.0 Å². The molecule has 4 aliphatic rings. The first-order valence-electron chi connectivity index (χ1n) is 13.1. The number of halogens is 4. The Morgan fingerprint density at radius 2 is 1.30 bits per heavy atom. The Balaban J connectivity index is 1.18. The zero-order chi connectivity index (χ0) is 21.1. The SMILES string of the molecule is FC1C(F)[C@H](C2CCCCC2)CC[C@@H]1CCC1CCC([C@@H]2CC[C@H](I)C(F)C2)CC1. The summed E-state index contributed by atoms with van der Waals surface area (Å²) < 4.78 is 44.3. The van der Waals surface area contributed by atoms with E-state index >= 15 is 0 Å². The summed E-state index contributed by atoms with van der Waals surface area (Å²) in [5.74, 6) is 2.36. The molecule has 0 heterocycles. The summed E-state index contributed by atoms with van der Waals surface area (Å²) in [4.78, 5) is 0. The van der Waals surface area contributed by atoms with E-state index in [1.54, 1.807) is 0 Å². The predicted octanol–water partition coefficient (Wildman–Crippen LogP) is 8.80. The fraction of sp³-hybridized carbons (Fsp3) is 1.00. The molecule has 0 aromatic carbocycles. The summed E-state index contributed by atoms with van der Waals surface area (Å²) in [6, 6.07) is 0. The molecule has 30 heavy (non-hydrogen) atoms. The highest BCUT2D eigenvalue weighted by Crippen LogP contribution is 2.46. The Kier molecular flexibility index (Phi) is 8.75. The average molecular weight is 539 g/mol. The van der Waals surface area contributed by atoms with Gasteiger partial charge in [0.25, 0.3) is 0 Å². The Hall–Kier alpha value is 0.520. The molecule has 0 nitrogen and oxygen atoms in total. The van der Waals surface area contributed by atoms with Gasteiger partial charge in [-0.15, -0.1) is 0 Å². The van der Waals surface area contributed by atoms with Crippen molar-refractivity contribution in [2.45, 2.75) is 125 Å². The van der Waals surface area contributed by atoms with Crippen LogP contribution < -0.4 is 0 Å². The van der Waals surface area contributed by atoms with E-state index < -0.39 is 18.5 Å². The molecule has 0 saturated heterocycles. The van der Waals surface area contributed by atoms with Crippen molar-refractivity contribution in [2.75, 3.05) is 0 Å². The molecule has 0 amide bonds. The van der Waals surface area contributed by atoms with Crippen LogP contribution in [-0.4, -0.2) is 22.4 Å². The van der Waals surface area contributed by atoms with Gasteiger partial charge in [0.2, 0.25) is 0 Å². The first kappa shape index (κ1) is 23.7. The van der Waals surface area contributed by atoms with Crippen molar-refractivity contribution in [3.8, 4) is 0 Å². The fourth-order valence-electron chi connectivity index (χ4n) is 7.52. The Morgan fingerprint density at radius 3 is 2.00 bits per heavy atom. The summed E-state index contributed by atoms with van der Waals surface area (Å²) in [5.41, 5.74) is 0. The number of rotatable bonds is 5. The second-order valence-electron chi connectivity index (χ2n) is 11.3. The summed E-state index contributed by atoms with van der Waals surface area (Å²) in [6.45, 7) is 0. The molecular weight excluding hydrogens is 496 g/mol. The van der Waals surface area contributed by atoms with E-state index in [1.165, 1.54) is 51.4 Å². The molecule has 0 aliphatic heterocycles. The van der Waals surface area contributed by atoms with Gasteiger partial charge in [0.15, 0.2) is 0 Å². The molecule has 7 atom stereocenters. The molecule has 0 radical (unpaired) electrons. The van der Waals surface area contributed by atoms with Crippen LogP contribution in [0, 0.1) is 35.5 Å². The monoisotopic (exact) mass is 538 g/mol. The zero-order valence-electron chi connectivity index (χ0n) is 18.6. The second-order valence-corrected chi connectivity index (χ2v) is 12.9. The number of hydrogen-bond donors (Lipinski definition) is 0. The molecule has 3 unspecified atom stereocenters. The largest absolute Gasteiger partial charge is 0.246 e. The number of hydrogen-bond acceptors (Lipinski definition) is 0. The van der Waals surface area contributed by atoms with Gasteiger partial charge in [-0.3, -0.25) is 0 Å². The molecule has 0 N–H and O–H groups in total. The van der Waals surface area contributed by atoms with Gasteiger partial charge in [0.05, 0.1) is 0 Å². The molecule has 174 valence electrons.